The first-order chi connectivity index (χ1) is 10.7. The number of carbonyl (C=O) groups excluding carboxylic acids is 1. The molecule has 3 nitrogen and oxygen atoms in total. The molecule has 0 radical (unpaired) electrons. The van der Waals surface area contributed by atoms with Crippen LogP contribution in [0.3, 0.4) is 0 Å². The largest absolute Gasteiger partial charge is 0.393 e. The third-order valence-electron chi connectivity index (χ3n) is 5.10. The minimum atomic E-state index is -0.169. The Labute approximate surface area is 140 Å². The molecule has 22 heavy (non-hydrogen) atoms. The number of hydrogen-bond acceptors (Lipinski definition) is 4. The summed E-state index contributed by atoms with van der Waals surface area (Å²) >= 11 is 3.60. The molecule has 1 heterocycles. The second-order valence-electron chi connectivity index (χ2n) is 6.57. The normalized spacial score (nSPS) is 31.0. The van der Waals surface area contributed by atoms with E-state index in [2.05, 4.69) is 22.1 Å². The van der Waals surface area contributed by atoms with Gasteiger partial charge < -0.3 is 10.4 Å². The van der Waals surface area contributed by atoms with Gasteiger partial charge in [0, 0.05) is 24.0 Å². The van der Waals surface area contributed by atoms with E-state index in [1.165, 1.54) is 12.0 Å². The minimum absolute atomic E-state index is 0.137. The van der Waals surface area contributed by atoms with Gasteiger partial charge in [0.05, 0.1) is 6.10 Å². The molecule has 0 aromatic carbocycles. The van der Waals surface area contributed by atoms with Gasteiger partial charge in [-0.25, -0.2) is 0 Å². The van der Waals surface area contributed by atoms with Crippen molar-refractivity contribution in [2.75, 3.05) is 12.3 Å². The molecule has 3 fully saturated rings. The third kappa shape index (κ3) is 4.06. The first kappa shape index (κ1) is 16.3. The van der Waals surface area contributed by atoms with Crippen molar-refractivity contribution in [3.05, 3.63) is 22.4 Å². The van der Waals surface area contributed by atoms with Crippen molar-refractivity contribution in [3.8, 4) is 0 Å². The van der Waals surface area contributed by atoms with E-state index in [0.29, 0.717) is 11.8 Å². The van der Waals surface area contributed by atoms with Crippen LogP contribution >= 0.6 is 23.1 Å². The molecule has 4 unspecified atom stereocenters. The van der Waals surface area contributed by atoms with Crippen molar-refractivity contribution in [2.45, 2.75) is 44.0 Å². The molecule has 1 aromatic rings. The van der Waals surface area contributed by atoms with Crippen molar-refractivity contribution in [1.29, 1.82) is 0 Å². The first-order valence-electron chi connectivity index (χ1n) is 8.28. The number of thiophene rings is 1. The van der Waals surface area contributed by atoms with Gasteiger partial charge in [0.15, 0.2) is 0 Å². The van der Waals surface area contributed by atoms with Gasteiger partial charge in [0.1, 0.15) is 0 Å². The molecule has 3 aliphatic carbocycles. The number of hydrogen-bond donors (Lipinski definition) is 2. The number of rotatable bonds is 6. The fraction of sp³-hybridized carbons (Fsp3) is 0.706. The Balaban J connectivity index is 1.38. The average Bonchev–Trinajstić information content (AvgIpc) is 2.86. The van der Waals surface area contributed by atoms with Crippen LogP contribution in [-0.4, -0.2) is 29.4 Å². The van der Waals surface area contributed by atoms with Gasteiger partial charge in [-0.1, -0.05) is 6.42 Å². The molecular weight excluding hydrogens is 314 g/mol. The number of nitrogens with one attached hydrogen (secondary N) is 1. The number of amides is 1. The minimum Gasteiger partial charge on any atom is -0.393 e. The van der Waals surface area contributed by atoms with E-state index in [1.807, 2.05) is 11.8 Å². The summed E-state index contributed by atoms with van der Waals surface area (Å²) < 4.78 is 0. The maximum absolute atomic E-state index is 12.4. The molecule has 0 aliphatic heterocycles. The second kappa shape index (κ2) is 7.84. The van der Waals surface area contributed by atoms with E-state index in [1.54, 1.807) is 11.3 Å². The molecule has 0 spiro atoms. The standard InChI is InChI=1S/C17H25NO2S2/c19-16-9-13-2-1-3-14(16)8-15(13)17(20)18-5-7-22-11-12-4-6-21-10-12/h4,6,10,13-16,19H,1-3,5,7-9,11H2,(H,18,20). The van der Waals surface area contributed by atoms with Crippen LogP contribution in [0.1, 0.15) is 37.7 Å². The van der Waals surface area contributed by atoms with Crippen molar-refractivity contribution < 1.29 is 9.90 Å². The number of thioether (sulfide) groups is 1. The van der Waals surface area contributed by atoms with Gasteiger partial charge in [-0.05, 0) is 59.9 Å². The molecule has 3 saturated carbocycles. The van der Waals surface area contributed by atoms with Gasteiger partial charge in [-0.3, -0.25) is 4.79 Å². The molecule has 3 aliphatic rings. The molecule has 5 heteroatoms. The van der Waals surface area contributed by atoms with Crippen LogP contribution in [0.25, 0.3) is 0 Å². The first-order valence-corrected chi connectivity index (χ1v) is 10.4. The zero-order valence-corrected chi connectivity index (χ0v) is 14.5. The Morgan fingerprint density at radius 2 is 2.23 bits per heavy atom. The number of fused-ring (bicyclic) bond motifs is 4. The highest BCUT2D eigenvalue weighted by Crippen LogP contribution is 2.43. The van der Waals surface area contributed by atoms with E-state index < -0.39 is 0 Å². The summed E-state index contributed by atoms with van der Waals surface area (Å²) in [5.74, 6) is 3.09. The molecule has 122 valence electrons. The van der Waals surface area contributed by atoms with Crippen molar-refractivity contribution in [3.63, 3.8) is 0 Å². The summed E-state index contributed by atoms with van der Waals surface area (Å²) in [5, 5.41) is 17.5. The zero-order chi connectivity index (χ0) is 15.4. The Morgan fingerprint density at radius 3 is 3.05 bits per heavy atom. The monoisotopic (exact) mass is 339 g/mol. The van der Waals surface area contributed by atoms with Gasteiger partial charge in [0.2, 0.25) is 5.91 Å². The van der Waals surface area contributed by atoms with Gasteiger partial charge in [-0.15, -0.1) is 0 Å². The predicted octanol–water partition coefficient (Wildman–Crippen LogP) is 3.28. The smallest absolute Gasteiger partial charge is 0.223 e. The van der Waals surface area contributed by atoms with Crippen LogP contribution < -0.4 is 5.32 Å². The lowest BCUT2D eigenvalue weighted by molar-refractivity contribution is -0.129. The average molecular weight is 340 g/mol. The maximum Gasteiger partial charge on any atom is 0.223 e. The number of carbonyl (C=O) groups is 1. The van der Waals surface area contributed by atoms with Crippen LogP contribution in [0.15, 0.2) is 16.8 Å². The van der Waals surface area contributed by atoms with E-state index in [0.717, 1.165) is 43.7 Å². The molecule has 4 atom stereocenters. The summed E-state index contributed by atoms with van der Waals surface area (Å²) in [6, 6.07) is 2.16. The third-order valence-corrected chi connectivity index (χ3v) is 6.86. The fourth-order valence-corrected chi connectivity index (χ4v) is 5.46. The summed E-state index contributed by atoms with van der Waals surface area (Å²) in [6.07, 6.45) is 4.93. The second-order valence-corrected chi connectivity index (χ2v) is 8.46. The zero-order valence-electron chi connectivity index (χ0n) is 12.9. The lowest BCUT2D eigenvalue weighted by Gasteiger charge is -2.35. The maximum atomic E-state index is 12.4. The van der Waals surface area contributed by atoms with Gasteiger partial charge in [-0.2, -0.15) is 23.1 Å². The van der Waals surface area contributed by atoms with E-state index in [4.69, 9.17) is 0 Å². The Kier molecular flexibility index (Phi) is 5.83. The van der Waals surface area contributed by atoms with E-state index in [-0.39, 0.29) is 17.9 Å². The quantitative estimate of drug-likeness (QED) is 0.782. The summed E-state index contributed by atoms with van der Waals surface area (Å²) in [7, 11) is 0. The lowest BCUT2D eigenvalue weighted by Crippen LogP contribution is -2.42. The molecular formula is C17H25NO2S2. The van der Waals surface area contributed by atoms with Crippen LogP contribution in [-0.2, 0) is 10.5 Å². The molecule has 1 aromatic heterocycles. The van der Waals surface area contributed by atoms with Crippen LogP contribution in [0.4, 0.5) is 0 Å². The Hall–Kier alpha value is -0.520. The SMILES string of the molecule is O=C(NCCSCc1ccsc1)C1CC2CCCC1CC2O. The Bertz CT molecular complexity index is 477. The molecule has 2 bridgehead atoms. The summed E-state index contributed by atoms with van der Waals surface area (Å²) in [5.41, 5.74) is 1.37. The molecule has 1 amide bonds. The van der Waals surface area contributed by atoms with Crippen LogP contribution in [0, 0.1) is 17.8 Å². The Morgan fingerprint density at radius 1 is 1.36 bits per heavy atom. The highest BCUT2D eigenvalue weighted by molar-refractivity contribution is 7.98. The van der Waals surface area contributed by atoms with Gasteiger partial charge in [0.25, 0.3) is 0 Å². The van der Waals surface area contributed by atoms with E-state index >= 15 is 0 Å². The van der Waals surface area contributed by atoms with Crippen LogP contribution in [0.5, 0.6) is 0 Å². The predicted molar refractivity (Wildman–Crippen MR) is 93.1 cm³/mol. The van der Waals surface area contributed by atoms with Crippen molar-refractivity contribution >= 4 is 29.0 Å². The van der Waals surface area contributed by atoms with Crippen molar-refractivity contribution in [1.82, 2.24) is 5.32 Å². The molecule has 2 N–H and O–H groups in total. The fourth-order valence-electron chi connectivity index (χ4n) is 3.88. The number of aliphatic hydroxyl groups excluding tert-OH is 1. The molecule has 0 saturated heterocycles. The highest BCUT2D eigenvalue weighted by Gasteiger charge is 2.41. The topological polar surface area (TPSA) is 49.3 Å². The summed E-state index contributed by atoms with van der Waals surface area (Å²) in [6.45, 7) is 0.754. The molecule has 4 rings (SSSR count). The van der Waals surface area contributed by atoms with Crippen LogP contribution in [0.2, 0.25) is 0 Å². The van der Waals surface area contributed by atoms with Crippen molar-refractivity contribution in [2.24, 2.45) is 17.8 Å². The summed E-state index contributed by atoms with van der Waals surface area (Å²) in [4.78, 5) is 12.4. The highest BCUT2D eigenvalue weighted by atomic mass is 32.2. The lowest BCUT2D eigenvalue weighted by atomic mass is 9.73. The van der Waals surface area contributed by atoms with E-state index in [9.17, 15) is 9.90 Å². The number of aliphatic hydroxyl groups is 1. The van der Waals surface area contributed by atoms with Gasteiger partial charge >= 0.3 is 0 Å².